The van der Waals surface area contributed by atoms with E-state index in [1.165, 1.54) is 0 Å². The maximum absolute atomic E-state index is 11.8. The summed E-state index contributed by atoms with van der Waals surface area (Å²) in [5.74, 6) is 0.777. The molecule has 94 valence electrons. The molecule has 1 amide bonds. The molecule has 3 nitrogen and oxygen atoms in total. The van der Waals surface area contributed by atoms with E-state index in [-0.39, 0.29) is 5.91 Å². The maximum Gasteiger partial charge on any atom is 0.222 e. The van der Waals surface area contributed by atoms with E-state index in [1.54, 1.807) is 4.90 Å². The Kier molecular flexibility index (Phi) is 5.01. The molecule has 0 aliphatic carbocycles. The second kappa shape index (κ2) is 6.28. The van der Waals surface area contributed by atoms with Gasteiger partial charge in [-0.3, -0.25) is 4.79 Å². The molecule has 2 N–H and O–H groups in total. The molecule has 17 heavy (non-hydrogen) atoms. The molecule has 0 radical (unpaired) electrons. The molecule has 0 heterocycles. The number of carbonyl (C=O) groups excluding carboxylic acids is 1. The molecule has 0 saturated heterocycles. The zero-order chi connectivity index (χ0) is 12.8. The molecule has 0 spiro atoms. The Labute approximate surface area is 104 Å². The molecule has 0 atom stereocenters. The number of hydrogen-bond donors (Lipinski definition) is 1. The Hall–Kier alpha value is -1.51. The van der Waals surface area contributed by atoms with E-state index in [1.807, 2.05) is 31.3 Å². The van der Waals surface area contributed by atoms with Crippen LogP contribution in [-0.2, 0) is 11.3 Å². The zero-order valence-electron chi connectivity index (χ0n) is 10.9. The first-order valence-electron chi connectivity index (χ1n) is 6.07. The number of hydrogen-bond acceptors (Lipinski definition) is 2. The molecule has 0 aromatic heterocycles. The van der Waals surface area contributed by atoms with Crippen molar-refractivity contribution >= 4 is 11.6 Å². The van der Waals surface area contributed by atoms with Gasteiger partial charge in [0.1, 0.15) is 0 Å². The van der Waals surface area contributed by atoms with Crippen LogP contribution in [0.1, 0.15) is 32.3 Å². The summed E-state index contributed by atoms with van der Waals surface area (Å²) in [6.07, 6.45) is 1.58. The minimum absolute atomic E-state index is 0.204. The molecule has 1 rings (SSSR count). The smallest absolute Gasteiger partial charge is 0.222 e. The van der Waals surface area contributed by atoms with Crippen LogP contribution in [0, 0.1) is 5.92 Å². The van der Waals surface area contributed by atoms with Crippen molar-refractivity contribution in [3.8, 4) is 0 Å². The molecule has 0 unspecified atom stereocenters. The highest BCUT2D eigenvalue weighted by Crippen LogP contribution is 2.10. The van der Waals surface area contributed by atoms with Crippen LogP contribution in [0.15, 0.2) is 24.3 Å². The lowest BCUT2D eigenvalue weighted by molar-refractivity contribution is -0.130. The number of rotatable bonds is 5. The van der Waals surface area contributed by atoms with Crippen LogP contribution >= 0.6 is 0 Å². The third-order valence-corrected chi connectivity index (χ3v) is 2.76. The lowest BCUT2D eigenvalue weighted by Gasteiger charge is -2.18. The molecule has 1 aromatic carbocycles. The molecule has 0 aliphatic heterocycles. The van der Waals surface area contributed by atoms with Crippen LogP contribution in [-0.4, -0.2) is 17.9 Å². The monoisotopic (exact) mass is 234 g/mol. The topological polar surface area (TPSA) is 46.3 Å². The predicted molar refractivity (Wildman–Crippen MR) is 71.4 cm³/mol. The third kappa shape index (κ3) is 4.89. The van der Waals surface area contributed by atoms with Gasteiger partial charge in [0.2, 0.25) is 5.91 Å². The molecular weight excluding hydrogens is 212 g/mol. The van der Waals surface area contributed by atoms with Crippen molar-refractivity contribution in [1.82, 2.24) is 4.90 Å². The minimum Gasteiger partial charge on any atom is -0.399 e. The normalized spacial score (nSPS) is 10.6. The van der Waals surface area contributed by atoms with Crippen molar-refractivity contribution in [2.45, 2.75) is 33.2 Å². The van der Waals surface area contributed by atoms with Gasteiger partial charge in [0, 0.05) is 25.7 Å². The molecule has 1 aromatic rings. The van der Waals surface area contributed by atoms with Gasteiger partial charge in [0.25, 0.3) is 0 Å². The quantitative estimate of drug-likeness (QED) is 0.796. The number of nitrogens with zero attached hydrogens (tertiary/aromatic N) is 1. The number of amides is 1. The Morgan fingerprint density at radius 1 is 1.29 bits per heavy atom. The number of anilines is 1. The van der Waals surface area contributed by atoms with Crippen molar-refractivity contribution < 1.29 is 4.79 Å². The van der Waals surface area contributed by atoms with Crippen LogP contribution < -0.4 is 5.73 Å². The Bertz CT molecular complexity index is 357. The van der Waals surface area contributed by atoms with Gasteiger partial charge in [0.05, 0.1) is 0 Å². The van der Waals surface area contributed by atoms with E-state index in [4.69, 9.17) is 5.73 Å². The summed E-state index contributed by atoms with van der Waals surface area (Å²) < 4.78 is 0. The van der Waals surface area contributed by atoms with Crippen molar-refractivity contribution in [3.63, 3.8) is 0 Å². The van der Waals surface area contributed by atoms with E-state index in [9.17, 15) is 4.79 Å². The van der Waals surface area contributed by atoms with Gasteiger partial charge < -0.3 is 10.6 Å². The number of benzene rings is 1. The average molecular weight is 234 g/mol. The van der Waals surface area contributed by atoms with Crippen LogP contribution in [0.25, 0.3) is 0 Å². The van der Waals surface area contributed by atoms with Gasteiger partial charge >= 0.3 is 0 Å². The van der Waals surface area contributed by atoms with Crippen molar-refractivity contribution in [2.75, 3.05) is 12.8 Å². The van der Waals surface area contributed by atoms with Crippen LogP contribution in [0.3, 0.4) is 0 Å². The first kappa shape index (κ1) is 13.6. The van der Waals surface area contributed by atoms with Gasteiger partial charge in [-0.15, -0.1) is 0 Å². The van der Waals surface area contributed by atoms with Crippen LogP contribution in [0.5, 0.6) is 0 Å². The van der Waals surface area contributed by atoms with Gasteiger partial charge in [0.15, 0.2) is 0 Å². The van der Waals surface area contributed by atoms with E-state index in [0.29, 0.717) is 18.9 Å². The molecule has 0 fully saturated rings. The highest BCUT2D eigenvalue weighted by molar-refractivity contribution is 5.75. The summed E-state index contributed by atoms with van der Waals surface area (Å²) >= 11 is 0. The summed E-state index contributed by atoms with van der Waals surface area (Å²) in [5.41, 5.74) is 7.48. The summed E-state index contributed by atoms with van der Waals surface area (Å²) in [4.78, 5) is 13.6. The Morgan fingerprint density at radius 3 is 2.41 bits per heavy atom. The highest BCUT2D eigenvalue weighted by atomic mass is 16.2. The number of carbonyl (C=O) groups is 1. The predicted octanol–water partition coefficient (Wildman–Crippen LogP) is 2.66. The second-order valence-electron chi connectivity index (χ2n) is 4.92. The molecule has 0 aliphatic rings. The van der Waals surface area contributed by atoms with Gasteiger partial charge in [-0.05, 0) is 30.0 Å². The zero-order valence-corrected chi connectivity index (χ0v) is 10.9. The molecule has 3 heteroatoms. The minimum atomic E-state index is 0.204. The fraction of sp³-hybridized carbons (Fsp3) is 0.500. The highest BCUT2D eigenvalue weighted by Gasteiger charge is 2.09. The second-order valence-corrected chi connectivity index (χ2v) is 4.92. The lowest BCUT2D eigenvalue weighted by Crippen LogP contribution is -2.26. The first-order chi connectivity index (χ1) is 7.99. The lowest BCUT2D eigenvalue weighted by atomic mass is 10.1. The molecule has 0 saturated carbocycles. The van der Waals surface area contributed by atoms with Crippen LogP contribution in [0.2, 0.25) is 0 Å². The van der Waals surface area contributed by atoms with E-state index < -0.39 is 0 Å². The maximum atomic E-state index is 11.8. The molecule has 0 bridgehead atoms. The van der Waals surface area contributed by atoms with Gasteiger partial charge in [-0.25, -0.2) is 0 Å². The Morgan fingerprint density at radius 2 is 1.88 bits per heavy atom. The summed E-state index contributed by atoms with van der Waals surface area (Å²) in [7, 11) is 1.85. The fourth-order valence-corrected chi connectivity index (χ4v) is 1.59. The summed E-state index contributed by atoms with van der Waals surface area (Å²) in [6, 6.07) is 7.65. The standard InChI is InChI=1S/C14H22N2O/c1-11(2)4-9-14(17)16(3)10-12-5-7-13(15)8-6-12/h5-8,11H,4,9-10,15H2,1-3H3. The average Bonchev–Trinajstić information content (AvgIpc) is 2.28. The van der Waals surface area contributed by atoms with Crippen molar-refractivity contribution in [1.29, 1.82) is 0 Å². The molecular formula is C14H22N2O. The van der Waals surface area contributed by atoms with Gasteiger partial charge in [-0.2, -0.15) is 0 Å². The summed E-state index contributed by atoms with van der Waals surface area (Å²) in [5, 5.41) is 0. The van der Waals surface area contributed by atoms with E-state index in [0.717, 1.165) is 17.7 Å². The SMILES string of the molecule is CC(C)CCC(=O)N(C)Cc1ccc(N)cc1. The van der Waals surface area contributed by atoms with E-state index >= 15 is 0 Å². The van der Waals surface area contributed by atoms with Gasteiger partial charge in [-0.1, -0.05) is 26.0 Å². The van der Waals surface area contributed by atoms with Crippen molar-refractivity contribution in [2.24, 2.45) is 5.92 Å². The number of nitrogen functional groups attached to an aromatic ring is 1. The summed E-state index contributed by atoms with van der Waals surface area (Å²) in [6.45, 7) is 4.91. The fourth-order valence-electron chi connectivity index (χ4n) is 1.59. The van der Waals surface area contributed by atoms with Crippen molar-refractivity contribution in [3.05, 3.63) is 29.8 Å². The first-order valence-corrected chi connectivity index (χ1v) is 6.07. The van der Waals surface area contributed by atoms with Crippen LogP contribution in [0.4, 0.5) is 5.69 Å². The third-order valence-electron chi connectivity index (χ3n) is 2.76. The Balaban J connectivity index is 2.45. The largest absolute Gasteiger partial charge is 0.399 e. The van der Waals surface area contributed by atoms with E-state index in [2.05, 4.69) is 13.8 Å². The number of nitrogens with two attached hydrogens (primary N) is 1.